The van der Waals surface area contributed by atoms with Crippen LogP contribution >= 0.6 is 0 Å². The first kappa shape index (κ1) is 16.2. The molecule has 3 atom stereocenters. The molecule has 1 amide bonds. The van der Waals surface area contributed by atoms with E-state index in [-0.39, 0.29) is 23.8 Å². The van der Waals surface area contributed by atoms with E-state index >= 15 is 0 Å². The summed E-state index contributed by atoms with van der Waals surface area (Å²) >= 11 is 0. The van der Waals surface area contributed by atoms with E-state index in [2.05, 4.69) is 11.0 Å². The van der Waals surface area contributed by atoms with Gasteiger partial charge in [0.05, 0.1) is 19.4 Å². The molecule has 1 aromatic carbocycles. The number of methoxy groups -OCH3 is 1. The lowest BCUT2D eigenvalue weighted by Gasteiger charge is -2.29. The number of rotatable bonds is 4. The largest absolute Gasteiger partial charge is 0.496 e. The van der Waals surface area contributed by atoms with Crippen LogP contribution in [0.1, 0.15) is 55.4 Å². The molecule has 1 saturated heterocycles. The molecule has 0 unspecified atom stereocenters. The van der Waals surface area contributed by atoms with Crippen LogP contribution in [0.2, 0.25) is 0 Å². The van der Waals surface area contributed by atoms with Crippen molar-refractivity contribution in [3.05, 3.63) is 54.0 Å². The van der Waals surface area contributed by atoms with E-state index in [4.69, 9.17) is 9.15 Å². The number of likely N-dealkylation sites (tertiary alicyclic amines) is 1. The SMILES string of the molecule is COc1ccccc1[C@@H]1C[C@H]1C(=O)N1CCCCC[C@H]1c1ccco1. The van der Waals surface area contributed by atoms with Crippen LogP contribution in [-0.4, -0.2) is 24.5 Å². The lowest BCUT2D eigenvalue weighted by molar-refractivity contribution is -0.135. The number of carbonyl (C=O) groups excluding carboxylic acids is 1. The van der Waals surface area contributed by atoms with Crippen molar-refractivity contribution in [3.8, 4) is 5.75 Å². The molecule has 4 rings (SSSR count). The number of nitrogens with zero attached hydrogens (tertiary/aromatic N) is 1. The molecular weight excluding hydrogens is 314 g/mol. The van der Waals surface area contributed by atoms with E-state index < -0.39 is 0 Å². The van der Waals surface area contributed by atoms with Gasteiger partial charge in [0.25, 0.3) is 0 Å². The van der Waals surface area contributed by atoms with Gasteiger partial charge in [-0.25, -0.2) is 0 Å². The first-order valence-corrected chi connectivity index (χ1v) is 9.26. The molecule has 0 bridgehead atoms. The highest BCUT2D eigenvalue weighted by Crippen LogP contribution is 2.52. The predicted molar refractivity (Wildman–Crippen MR) is 95.5 cm³/mol. The number of benzene rings is 1. The zero-order valence-electron chi connectivity index (χ0n) is 14.7. The highest BCUT2D eigenvalue weighted by molar-refractivity contribution is 5.83. The van der Waals surface area contributed by atoms with Gasteiger partial charge in [0.1, 0.15) is 11.5 Å². The molecule has 0 spiro atoms. The van der Waals surface area contributed by atoms with Crippen LogP contribution in [0.25, 0.3) is 0 Å². The minimum Gasteiger partial charge on any atom is -0.496 e. The van der Waals surface area contributed by atoms with Crippen LogP contribution in [0.3, 0.4) is 0 Å². The summed E-state index contributed by atoms with van der Waals surface area (Å²) in [6.07, 6.45) is 7.02. The highest BCUT2D eigenvalue weighted by Gasteiger charge is 2.48. The molecule has 4 nitrogen and oxygen atoms in total. The van der Waals surface area contributed by atoms with E-state index in [0.717, 1.165) is 49.3 Å². The number of ether oxygens (including phenoxy) is 1. The van der Waals surface area contributed by atoms with E-state index in [1.807, 2.05) is 30.3 Å². The van der Waals surface area contributed by atoms with Gasteiger partial charge in [0.2, 0.25) is 5.91 Å². The van der Waals surface area contributed by atoms with Crippen LogP contribution in [0.4, 0.5) is 0 Å². The molecule has 2 aromatic rings. The van der Waals surface area contributed by atoms with Crippen LogP contribution in [0.5, 0.6) is 5.75 Å². The van der Waals surface area contributed by atoms with Crippen LogP contribution < -0.4 is 4.74 Å². The zero-order chi connectivity index (χ0) is 17.2. The second-order valence-corrected chi connectivity index (χ2v) is 7.10. The maximum Gasteiger partial charge on any atom is 0.226 e. The molecule has 1 aromatic heterocycles. The van der Waals surface area contributed by atoms with Crippen molar-refractivity contribution in [1.29, 1.82) is 0 Å². The minimum absolute atomic E-state index is 0.0758. The quantitative estimate of drug-likeness (QED) is 0.821. The molecule has 1 saturated carbocycles. The van der Waals surface area contributed by atoms with Crippen molar-refractivity contribution in [2.45, 2.75) is 44.1 Å². The van der Waals surface area contributed by atoms with Crippen LogP contribution in [-0.2, 0) is 4.79 Å². The van der Waals surface area contributed by atoms with Crippen LogP contribution in [0, 0.1) is 5.92 Å². The fraction of sp³-hybridized carbons (Fsp3) is 0.476. The third-order valence-corrected chi connectivity index (χ3v) is 5.55. The lowest BCUT2D eigenvalue weighted by Crippen LogP contribution is -2.36. The summed E-state index contributed by atoms with van der Waals surface area (Å²) in [4.78, 5) is 15.3. The number of carbonyl (C=O) groups is 1. The van der Waals surface area contributed by atoms with Crippen molar-refractivity contribution in [2.24, 2.45) is 5.92 Å². The molecule has 1 aliphatic carbocycles. The first-order chi connectivity index (χ1) is 12.3. The fourth-order valence-electron chi connectivity index (χ4n) is 4.15. The normalized spacial score (nSPS) is 26.1. The third kappa shape index (κ3) is 3.17. The van der Waals surface area contributed by atoms with E-state index in [1.165, 1.54) is 6.42 Å². The van der Waals surface area contributed by atoms with E-state index in [0.29, 0.717) is 0 Å². The number of furan rings is 1. The van der Waals surface area contributed by atoms with E-state index in [1.54, 1.807) is 13.4 Å². The summed E-state index contributed by atoms with van der Waals surface area (Å²) in [5.41, 5.74) is 1.16. The first-order valence-electron chi connectivity index (χ1n) is 9.26. The molecule has 25 heavy (non-hydrogen) atoms. The summed E-state index contributed by atoms with van der Waals surface area (Å²) in [5.74, 6) is 2.45. The molecule has 4 heteroatoms. The number of para-hydroxylation sites is 1. The van der Waals surface area contributed by atoms with Gasteiger partial charge in [-0.05, 0) is 48.9 Å². The Morgan fingerprint density at radius 1 is 1.16 bits per heavy atom. The topological polar surface area (TPSA) is 42.7 Å². The molecule has 1 aliphatic heterocycles. The van der Waals surface area contributed by atoms with Crippen molar-refractivity contribution < 1.29 is 13.9 Å². The van der Waals surface area contributed by atoms with Gasteiger partial charge in [0, 0.05) is 12.5 Å². The Labute approximate surface area is 148 Å². The lowest BCUT2D eigenvalue weighted by atomic mass is 10.1. The Morgan fingerprint density at radius 3 is 2.84 bits per heavy atom. The number of amides is 1. The fourth-order valence-corrected chi connectivity index (χ4v) is 4.15. The van der Waals surface area contributed by atoms with Crippen molar-refractivity contribution in [3.63, 3.8) is 0 Å². The van der Waals surface area contributed by atoms with E-state index in [9.17, 15) is 4.79 Å². The monoisotopic (exact) mass is 339 g/mol. The maximum atomic E-state index is 13.2. The summed E-state index contributed by atoms with van der Waals surface area (Å²) in [6, 6.07) is 12.1. The predicted octanol–water partition coefficient (Wildman–Crippen LogP) is 4.54. The minimum atomic E-state index is 0.0758. The molecule has 2 fully saturated rings. The van der Waals surface area contributed by atoms with Gasteiger partial charge in [0.15, 0.2) is 0 Å². The van der Waals surface area contributed by atoms with Gasteiger partial charge in [-0.2, -0.15) is 0 Å². The Morgan fingerprint density at radius 2 is 2.04 bits per heavy atom. The van der Waals surface area contributed by atoms with Gasteiger partial charge >= 0.3 is 0 Å². The molecule has 0 N–H and O–H groups in total. The highest BCUT2D eigenvalue weighted by atomic mass is 16.5. The molecular formula is C21H25NO3. The van der Waals surface area contributed by atoms with Crippen molar-refractivity contribution >= 4 is 5.91 Å². The average Bonchev–Trinajstić information content (AvgIpc) is 3.34. The second kappa shape index (κ2) is 6.95. The van der Waals surface area contributed by atoms with Gasteiger partial charge in [-0.3, -0.25) is 4.79 Å². The smallest absolute Gasteiger partial charge is 0.226 e. The Kier molecular flexibility index (Phi) is 4.51. The van der Waals surface area contributed by atoms with Gasteiger partial charge in [-0.1, -0.05) is 31.0 Å². The molecule has 0 radical (unpaired) electrons. The molecule has 2 heterocycles. The number of hydrogen-bond donors (Lipinski definition) is 0. The molecule has 132 valence electrons. The summed E-state index contributed by atoms with van der Waals surface area (Å²) < 4.78 is 11.1. The van der Waals surface area contributed by atoms with Crippen molar-refractivity contribution in [1.82, 2.24) is 4.90 Å². The zero-order valence-corrected chi connectivity index (χ0v) is 14.7. The summed E-state index contributed by atoms with van der Waals surface area (Å²) in [6.45, 7) is 0.833. The standard InChI is InChI=1S/C21H25NO3/c1-24-19-10-5-4-8-15(19)16-14-17(16)21(23)22-12-6-2-3-9-18(22)20-11-7-13-25-20/h4-5,7-8,10-11,13,16-18H,2-3,6,9,12,14H2,1H3/t16-,17+,18-/m0/s1. The number of hydrogen-bond acceptors (Lipinski definition) is 3. The van der Waals surface area contributed by atoms with Gasteiger partial charge in [-0.15, -0.1) is 0 Å². The van der Waals surface area contributed by atoms with Crippen LogP contribution in [0.15, 0.2) is 47.1 Å². The second-order valence-electron chi connectivity index (χ2n) is 7.10. The summed E-state index contributed by atoms with van der Waals surface area (Å²) in [7, 11) is 1.69. The Balaban J connectivity index is 1.53. The maximum absolute atomic E-state index is 13.2. The van der Waals surface area contributed by atoms with Gasteiger partial charge < -0.3 is 14.1 Å². The summed E-state index contributed by atoms with van der Waals surface area (Å²) in [5, 5.41) is 0. The van der Waals surface area contributed by atoms with Crippen molar-refractivity contribution in [2.75, 3.05) is 13.7 Å². The Hall–Kier alpha value is -2.23. The average molecular weight is 339 g/mol. The third-order valence-electron chi connectivity index (χ3n) is 5.55. The molecule has 2 aliphatic rings. The Bertz CT molecular complexity index is 725.